The van der Waals surface area contributed by atoms with Gasteiger partial charge in [-0.3, -0.25) is 9.59 Å². The van der Waals surface area contributed by atoms with E-state index in [0.717, 1.165) is 44.4 Å². The smallest absolute Gasteiger partial charge is 0.303 e. The van der Waals surface area contributed by atoms with E-state index in [0.29, 0.717) is 12.8 Å². The molecular formula is C31H52O4. The summed E-state index contributed by atoms with van der Waals surface area (Å²) in [4.78, 5) is 21.2. The summed E-state index contributed by atoms with van der Waals surface area (Å²) in [6.45, 7) is 4.61. The van der Waals surface area contributed by atoms with E-state index in [4.69, 9.17) is 10.2 Å². The van der Waals surface area contributed by atoms with Gasteiger partial charge in [-0.15, -0.1) is 0 Å². The highest BCUT2D eigenvalue weighted by Crippen LogP contribution is 2.23. The van der Waals surface area contributed by atoms with Crippen LogP contribution >= 0.6 is 0 Å². The fourth-order valence-electron chi connectivity index (χ4n) is 4.86. The number of benzene rings is 1. The molecule has 0 spiro atoms. The number of hydrogen-bond donors (Lipinski definition) is 2. The first kappa shape index (κ1) is 31.2. The van der Waals surface area contributed by atoms with Crippen molar-refractivity contribution in [2.24, 2.45) is 5.92 Å². The average molecular weight is 489 g/mol. The lowest BCUT2D eigenvalue weighted by atomic mass is 9.89. The zero-order valence-corrected chi connectivity index (χ0v) is 22.7. The fraction of sp³-hybridized carbons (Fsp3) is 0.742. The van der Waals surface area contributed by atoms with Crippen LogP contribution in [0.25, 0.3) is 0 Å². The van der Waals surface area contributed by atoms with E-state index < -0.39 is 11.9 Å². The topological polar surface area (TPSA) is 74.6 Å². The minimum atomic E-state index is -0.676. The Morgan fingerprint density at radius 1 is 0.600 bits per heavy atom. The van der Waals surface area contributed by atoms with Gasteiger partial charge in [-0.05, 0) is 74.0 Å². The molecule has 0 unspecified atom stereocenters. The molecule has 0 amide bonds. The van der Waals surface area contributed by atoms with Crippen molar-refractivity contribution < 1.29 is 19.8 Å². The van der Waals surface area contributed by atoms with E-state index in [1.54, 1.807) is 16.7 Å². The molecule has 4 heteroatoms. The van der Waals surface area contributed by atoms with Gasteiger partial charge in [0.1, 0.15) is 0 Å². The van der Waals surface area contributed by atoms with Crippen molar-refractivity contribution in [1.29, 1.82) is 0 Å². The largest absolute Gasteiger partial charge is 0.481 e. The van der Waals surface area contributed by atoms with Crippen LogP contribution in [0.5, 0.6) is 0 Å². The Morgan fingerprint density at radius 3 is 1.46 bits per heavy atom. The molecule has 0 aliphatic carbocycles. The Morgan fingerprint density at radius 2 is 1.00 bits per heavy atom. The predicted octanol–water partition coefficient (Wildman–Crippen LogP) is 8.77. The molecule has 0 saturated heterocycles. The summed E-state index contributed by atoms with van der Waals surface area (Å²) >= 11 is 0. The summed E-state index contributed by atoms with van der Waals surface area (Å²) < 4.78 is 0. The average Bonchev–Trinajstić information content (AvgIpc) is 2.80. The van der Waals surface area contributed by atoms with Gasteiger partial charge in [0.05, 0.1) is 0 Å². The van der Waals surface area contributed by atoms with Crippen LogP contribution in [0.3, 0.4) is 0 Å². The molecular weight excluding hydrogens is 436 g/mol. The third-order valence-electron chi connectivity index (χ3n) is 7.02. The molecule has 2 N–H and O–H groups in total. The quantitative estimate of drug-likeness (QED) is 0.151. The van der Waals surface area contributed by atoms with E-state index in [1.807, 2.05) is 0 Å². The third-order valence-corrected chi connectivity index (χ3v) is 7.02. The molecule has 1 rings (SSSR count). The van der Waals surface area contributed by atoms with Gasteiger partial charge in [0, 0.05) is 12.8 Å². The van der Waals surface area contributed by atoms with Crippen molar-refractivity contribution in [1.82, 2.24) is 0 Å². The van der Waals surface area contributed by atoms with Crippen molar-refractivity contribution in [3.8, 4) is 0 Å². The summed E-state index contributed by atoms with van der Waals surface area (Å²) in [6.07, 6.45) is 21.4. The zero-order chi connectivity index (χ0) is 25.7. The van der Waals surface area contributed by atoms with Crippen LogP contribution in [0.1, 0.15) is 140 Å². The number of unbranched alkanes of at least 4 members (excludes halogenated alkanes) is 12. The van der Waals surface area contributed by atoms with Gasteiger partial charge < -0.3 is 10.2 Å². The van der Waals surface area contributed by atoms with Crippen LogP contribution in [-0.2, 0) is 28.9 Å². The minimum absolute atomic E-state index is 0.308. The van der Waals surface area contributed by atoms with Crippen molar-refractivity contribution in [3.05, 3.63) is 34.9 Å². The second kappa shape index (κ2) is 20.4. The van der Waals surface area contributed by atoms with E-state index in [1.165, 1.54) is 77.0 Å². The highest BCUT2D eigenvalue weighted by atomic mass is 16.4. The van der Waals surface area contributed by atoms with E-state index in [9.17, 15) is 9.59 Å². The lowest BCUT2D eigenvalue weighted by Crippen LogP contribution is -2.03. The molecule has 0 aliphatic heterocycles. The lowest BCUT2D eigenvalue weighted by Gasteiger charge is -2.16. The van der Waals surface area contributed by atoms with Gasteiger partial charge in [0.25, 0.3) is 0 Å². The second-order valence-electron chi connectivity index (χ2n) is 10.7. The number of carboxylic acid groups (broad SMARTS) is 2. The summed E-state index contributed by atoms with van der Waals surface area (Å²) in [6, 6.07) is 6.96. The summed E-state index contributed by atoms with van der Waals surface area (Å²) in [7, 11) is 0. The monoisotopic (exact) mass is 488 g/mol. The molecule has 0 radical (unpaired) electrons. The molecule has 0 aromatic heterocycles. The normalized spacial score (nSPS) is 11.3. The van der Waals surface area contributed by atoms with Gasteiger partial charge in [-0.2, -0.15) is 0 Å². The summed E-state index contributed by atoms with van der Waals surface area (Å²) in [5, 5.41) is 17.4. The number of carboxylic acids is 2. The Balaban J connectivity index is 2.40. The molecule has 0 heterocycles. The van der Waals surface area contributed by atoms with Gasteiger partial charge in [-0.1, -0.05) is 96.3 Å². The molecule has 0 saturated carbocycles. The highest BCUT2D eigenvalue weighted by molar-refractivity contribution is 5.66. The molecule has 0 fully saturated rings. The maximum atomic E-state index is 10.6. The molecule has 4 nitrogen and oxygen atoms in total. The maximum absolute atomic E-state index is 10.6. The second-order valence-corrected chi connectivity index (χ2v) is 10.7. The fourth-order valence-corrected chi connectivity index (χ4v) is 4.86. The molecule has 0 bridgehead atoms. The number of aliphatic carboxylic acids is 2. The number of hydrogen-bond acceptors (Lipinski definition) is 2. The van der Waals surface area contributed by atoms with E-state index >= 15 is 0 Å². The molecule has 200 valence electrons. The first-order valence-corrected chi connectivity index (χ1v) is 14.4. The standard InChI is InChI=1S/C31H52O4/c1-26(2)24-25-28-20-17-19-27(18-13-9-5-3-7-11-15-22-30(32)33)29(28)21-14-10-6-4-8-12-16-23-31(34)35/h17,19-20,26H,3-16,18,21-25H2,1-2H3,(H,32,33)(H,34,35). The zero-order valence-electron chi connectivity index (χ0n) is 22.7. The minimum Gasteiger partial charge on any atom is -0.481 e. The van der Waals surface area contributed by atoms with Gasteiger partial charge in [0.15, 0.2) is 0 Å². The molecule has 0 aliphatic rings. The van der Waals surface area contributed by atoms with Crippen molar-refractivity contribution >= 4 is 11.9 Å². The summed E-state index contributed by atoms with van der Waals surface area (Å²) in [5.41, 5.74) is 4.73. The van der Waals surface area contributed by atoms with Crippen LogP contribution in [0.4, 0.5) is 0 Å². The predicted molar refractivity (Wildman–Crippen MR) is 146 cm³/mol. The Labute approximate surface area is 214 Å². The van der Waals surface area contributed by atoms with Gasteiger partial charge in [-0.25, -0.2) is 0 Å². The molecule has 1 aromatic carbocycles. The Kier molecular flexibility index (Phi) is 18.1. The van der Waals surface area contributed by atoms with Crippen LogP contribution in [-0.4, -0.2) is 22.2 Å². The Hall–Kier alpha value is -1.84. The van der Waals surface area contributed by atoms with E-state index in [2.05, 4.69) is 32.0 Å². The first-order chi connectivity index (χ1) is 16.9. The number of carbonyl (C=O) groups is 2. The van der Waals surface area contributed by atoms with Crippen molar-refractivity contribution in [2.75, 3.05) is 0 Å². The lowest BCUT2D eigenvalue weighted by molar-refractivity contribution is -0.138. The molecule has 35 heavy (non-hydrogen) atoms. The van der Waals surface area contributed by atoms with Crippen LogP contribution in [0.2, 0.25) is 0 Å². The third kappa shape index (κ3) is 17.3. The van der Waals surface area contributed by atoms with Crippen LogP contribution < -0.4 is 0 Å². The summed E-state index contributed by atoms with van der Waals surface area (Å²) in [5.74, 6) is -0.627. The SMILES string of the molecule is CC(C)CCc1cccc(CCCCCCCCCC(=O)O)c1CCCCCCCCCC(=O)O. The van der Waals surface area contributed by atoms with Gasteiger partial charge in [0.2, 0.25) is 0 Å². The first-order valence-electron chi connectivity index (χ1n) is 14.4. The van der Waals surface area contributed by atoms with Gasteiger partial charge >= 0.3 is 11.9 Å². The maximum Gasteiger partial charge on any atom is 0.303 e. The number of rotatable bonds is 23. The van der Waals surface area contributed by atoms with Crippen LogP contribution in [0.15, 0.2) is 18.2 Å². The highest BCUT2D eigenvalue weighted by Gasteiger charge is 2.10. The molecule has 1 aromatic rings. The molecule has 0 atom stereocenters. The van der Waals surface area contributed by atoms with E-state index in [-0.39, 0.29) is 0 Å². The van der Waals surface area contributed by atoms with Crippen molar-refractivity contribution in [2.45, 2.75) is 142 Å². The number of aryl methyl sites for hydroxylation is 2. The Bertz CT molecular complexity index is 695. The van der Waals surface area contributed by atoms with Crippen molar-refractivity contribution in [3.63, 3.8) is 0 Å². The van der Waals surface area contributed by atoms with Crippen LogP contribution in [0, 0.1) is 5.92 Å².